The van der Waals surface area contributed by atoms with Crippen LogP contribution in [0.3, 0.4) is 0 Å². The second-order valence-electron chi connectivity index (χ2n) is 4.11. The van der Waals surface area contributed by atoms with E-state index >= 15 is 0 Å². The van der Waals surface area contributed by atoms with Gasteiger partial charge in [-0.3, -0.25) is 0 Å². The minimum atomic E-state index is -1.36. The van der Waals surface area contributed by atoms with Gasteiger partial charge in [-0.25, -0.2) is 9.59 Å². The molecule has 0 heterocycles. The molecule has 6 heteroatoms. The molecule has 2 N–H and O–H groups in total. The van der Waals surface area contributed by atoms with Crippen molar-refractivity contribution in [2.24, 2.45) is 0 Å². The second kappa shape index (κ2) is 7.55. The average Bonchev–Trinajstić information content (AvgIpc) is 2.40. The number of halogens is 1. The van der Waals surface area contributed by atoms with Crippen LogP contribution >= 0.6 is 11.6 Å². The van der Waals surface area contributed by atoms with Gasteiger partial charge in [0, 0.05) is 6.20 Å². The SMILES string of the molecule is CCC(C)OC(=O)C(=CNc1ccccc1Cl)C(=O)O. The molecule has 1 atom stereocenters. The number of aliphatic carboxylic acids is 1. The van der Waals surface area contributed by atoms with E-state index in [1.54, 1.807) is 31.2 Å². The summed E-state index contributed by atoms with van der Waals surface area (Å²) in [5.74, 6) is -2.25. The Balaban J connectivity index is 2.86. The van der Waals surface area contributed by atoms with Gasteiger partial charge in [0.05, 0.1) is 16.8 Å². The number of nitrogens with one attached hydrogen (secondary N) is 1. The number of carboxylic acid groups (broad SMARTS) is 1. The summed E-state index contributed by atoms with van der Waals surface area (Å²) in [6, 6.07) is 6.79. The average molecular weight is 298 g/mol. The third-order valence-electron chi connectivity index (χ3n) is 2.58. The predicted octanol–water partition coefficient (Wildman–Crippen LogP) is 3.06. The molecule has 0 fully saturated rings. The number of benzene rings is 1. The lowest BCUT2D eigenvalue weighted by atomic mass is 10.2. The van der Waals surface area contributed by atoms with Gasteiger partial charge in [0.1, 0.15) is 0 Å². The highest BCUT2D eigenvalue weighted by Crippen LogP contribution is 2.20. The number of rotatable bonds is 6. The van der Waals surface area contributed by atoms with E-state index in [1.165, 1.54) is 0 Å². The Morgan fingerprint density at radius 3 is 2.65 bits per heavy atom. The highest BCUT2D eigenvalue weighted by Gasteiger charge is 2.20. The van der Waals surface area contributed by atoms with Crippen LogP contribution < -0.4 is 5.32 Å². The molecule has 1 aromatic rings. The molecule has 0 saturated carbocycles. The maximum atomic E-state index is 11.7. The van der Waals surface area contributed by atoms with Crippen molar-refractivity contribution in [2.45, 2.75) is 26.4 Å². The number of esters is 1. The molecular weight excluding hydrogens is 282 g/mol. The number of carbonyl (C=O) groups is 2. The molecule has 1 aromatic carbocycles. The van der Waals surface area contributed by atoms with Crippen molar-refractivity contribution in [3.63, 3.8) is 0 Å². The number of hydrogen-bond donors (Lipinski definition) is 2. The molecule has 1 rings (SSSR count). The fourth-order valence-electron chi connectivity index (χ4n) is 1.27. The Kier molecular flexibility index (Phi) is 6.06. The van der Waals surface area contributed by atoms with Crippen molar-refractivity contribution in [3.8, 4) is 0 Å². The zero-order chi connectivity index (χ0) is 15.1. The zero-order valence-electron chi connectivity index (χ0n) is 11.2. The Morgan fingerprint density at radius 1 is 1.45 bits per heavy atom. The van der Waals surface area contributed by atoms with E-state index in [2.05, 4.69) is 5.32 Å². The van der Waals surface area contributed by atoms with Gasteiger partial charge in [-0.1, -0.05) is 30.7 Å². The van der Waals surface area contributed by atoms with E-state index in [-0.39, 0.29) is 6.10 Å². The summed E-state index contributed by atoms with van der Waals surface area (Å²) in [5.41, 5.74) is 0.0227. The summed E-state index contributed by atoms with van der Waals surface area (Å²) >= 11 is 5.92. The van der Waals surface area contributed by atoms with E-state index in [9.17, 15) is 9.59 Å². The fraction of sp³-hybridized carbons (Fsp3) is 0.286. The van der Waals surface area contributed by atoms with Crippen LogP contribution in [0.2, 0.25) is 5.02 Å². The van der Waals surface area contributed by atoms with Gasteiger partial charge < -0.3 is 15.2 Å². The van der Waals surface area contributed by atoms with Gasteiger partial charge in [-0.2, -0.15) is 0 Å². The maximum Gasteiger partial charge on any atom is 0.347 e. The number of carboxylic acids is 1. The third kappa shape index (κ3) is 4.59. The predicted molar refractivity (Wildman–Crippen MR) is 76.6 cm³/mol. The first-order chi connectivity index (χ1) is 9.45. The van der Waals surface area contributed by atoms with Gasteiger partial charge in [0.2, 0.25) is 0 Å². The Labute approximate surface area is 122 Å². The van der Waals surface area contributed by atoms with E-state index in [1.807, 2.05) is 6.92 Å². The van der Waals surface area contributed by atoms with Gasteiger partial charge >= 0.3 is 11.9 Å². The third-order valence-corrected chi connectivity index (χ3v) is 2.91. The molecule has 20 heavy (non-hydrogen) atoms. The molecule has 0 saturated heterocycles. The molecule has 5 nitrogen and oxygen atoms in total. The molecule has 0 aliphatic carbocycles. The lowest BCUT2D eigenvalue weighted by Gasteiger charge is -2.11. The van der Waals surface area contributed by atoms with Crippen molar-refractivity contribution >= 4 is 29.2 Å². The highest BCUT2D eigenvalue weighted by atomic mass is 35.5. The van der Waals surface area contributed by atoms with Crippen LogP contribution in [0.4, 0.5) is 5.69 Å². The van der Waals surface area contributed by atoms with Crippen LogP contribution in [0.15, 0.2) is 36.0 Å². The quantitative estimate of drug-likeness (QED) is 0.365. The van der Waals surface area contributed by atoms with E-state index < -0.39 is 17.5 Å². The molecular formula is C14H16ClNO4. The minimum Gasteiger partial charge on any atom is -0.477 e. The lowest BCUT2D eigenvalue weighted by molar-refractivity contribution is -0.147. The van der Waals surface area contributed by atoms with Crippen molar-refractivity contribution in [1.82, 2.24) is 0 Å². The van der Waals surface area contributed by atoms with Crippen LogP contribution in [0.25, 0.3) is 0 Å². The molecule has 0 aliphatic rings. The number of anilines is 1. The summed E-state index contributed by atoms with van der Waals surface area (Å²) in [7, 11) is 0. The molecule has 0 radical (unpaired) electrons. The van der Waals surface area contributed by atoms with Crippen molar-refractivity contribution < 1.29 is 19.4 Å². The summed E-state index contributed by atoms with van der Waals surface area (Å²) in [6.45, 7) is 3.53. The van der Waals surface area contributed by atoms with Crippen LogP contribution in [-0.4, -0.2) is 23.1 Å². The number of hydrogen-bond acceptors (Lipinski definition) is 4. The van der Waals surface area contributed by atoms with E-state index in [4.69, 9.17) is 21.4 Å². The molecule has 0 amide bonds. The summed E-state index contributed by atoms with van der Waals surface area (Å²) in [6.07, 6.45) is 1.34. The Hall–Kier alpha value is -2.01. The van der Waals surface area contributed by atoms with E-state index in [0.29, 0.717) is 17.1 Å². The summed E-state index contributed by atoms with van der Waals surface area (Å²) in [4.78, 5) is 22.8. The first-order valence-electron chi connectivity index (χ1n) is 6.11. The monoisotopic (exact) mass is 297 g/mol. The zero-order valence-corrected chi connectivity index (χ0v) is 12.0. The topological polar surface area (TPSA) is 75.6 Å². The fourth-order valence-corrected chi connectivity index (χ4v) is 1.46. The smallest absolute Gasteiger partial charge is 0.347 e. The molecule has 0 aliphatic heterocycles. The maximum absolute atomic E-state index is 11.7. The summed E-state index contributed by atoms with van der Waals surface area (Å²) < 4.78 is 4.98. The van der Waals surface area contributed by atoms with Crippen molar-refractivity contribution in [2.75, 3.05) is 5.32 Å². The second-order valence-corrected chi connectivity index (χ2v) is 4.52. The minimum absolute atomic E-state index is 0.342. The number of carbonyl (C=O) groups excluding carboxylic acids is 1. The number of ether oxygens (including phenoxy) is 1. The van der Waals surface area contributed by atoms with Gasteiger partial charge in [0.15, 0.2) is 5.57 Å². The molecule has 0 aromatic heterocycles. The standard InChI is InChI=1S/C14H16ClNO4/c1-3-9(2)20-14(19)10(13(17)18)8-16-12-7-5-4-6-11(12)15/h4-9,16H,3H2,1-2H3,(H,17,18). The summed E-state index contributed by atoms with van der Waals surface area (Å²) in [5, 5.41) is 12.1. The molecule has 1 unspecified atom stereocenters. The first kappa shape index (κ1) is 16.0. The highest BCUT2D eigenvalue weighted by molar-refractivity contribution is 6.33. The Bertz CT molecular complexity index is 528. The van der Waals surface area contributed by atoms with Gasteiger partial charge in [-0.15, -0.1) is 0 Å². The van der Waals surface area contributed by atoms with Crippen LogP contribution in [0.1, 0.15) is 20.3 Å². The van der Waals surface area contributed by atoms with Gasteiger partial charge in [0.25, 0.3) is 0 Å². The molecule has 108 valence electrons. The van der Waals surface area contributed by atoms with Crippen molar-refractivity contribution in [1.29, 1.82) is 0 Å². The molecule has 0 bridgehead atoms. The largest absolute Gasteiger partial charge is 0.477 e. The molecule has 0 spiro atoms. The van der Waals surface area contributed by atoms with Crippen molar-refractivity contribution in [3.05, 3.63) is 41.1 Å². The normalized spacial score (nSPS) is 12.7. The van der Waals surface area contributed by atoms with Crippen LogP contribution in [-0.2, 0) is 14.3 Å². The number of para-hydroxylation sites is 1. The van der Waals surface area contributed by atoms with Crippen LogP contribution in [0.5, 0.6) is 0 Å². The lowest BCUT2D eigenvalue weighted by Crippen LogP contribution is -2.21. The first-order valence-corrected chi connectivity index (χ1v) is 6.49. The van der Waals surface area contributed by atoms with Gasteiger partial charge in [-0.05, 0) is 25.5 Å². The van der Waals surface area contributed by atoms with E-state index in [0.717, 1.165) is 6.20 Å². The Morgan fingerprint density at radius 2 is 2.10 bits per heavy atom. The van der Waals surface area contributed by atoms with Crippen LogP contribution in [0, 0.1) is 0 Å².